The molecule has 0 aliphatic heterocycles. The maximum Gasteiger partial charge on any atom is 0.0562 e. The van der Waals surface area contributed by atoms with E-state index < -0.39 is 0 Å². The molecular weight excluding hydrogens is 186 g/mol. The smallest absolute Gasteiger partial charge is 0.0562 e. The van der Waals surface area contributed by atoms with Crippen LogP contribution in [0.2, 0.25) is 0 Å². The summed E-state index contributed by atoms with van der Waals surface area (Å²) in [5, 5.41) is 7.58. The molecule has 1 N–H and O–H groups in total. The topological polar surface area (TPSA) is 29.9 Å². The standard InChI is InChI=1S/C12H21N3/c1-10(7-13-12(2,3)4)6-11-8-14-15(5)9-11/h6,8-9,13H,7H2,1-5H3. The number of nitrogens with one attached hydrogen (secondary N) is 1. The van der Waals surface area contributed by atoms with Gasteiger partial charge in [-0.15, -0.1) is 0 Å². The second-order valence-electron chi connectivity index (χ2n) is 5.04. The molecule has 1 aromatic rings. The van der Waals surface area contributed by atoms with Crippen LogP contribution in [0, 0.1) is 0 Å². The zero-order valence-electron chi connectivity index (χ0n) is 10.3. The first-order chi connectivity index (χ1) is 6.87. The second kappa shape index (κ2) is 4.62. The van der Waals surface area contributed by atoms with Crippen LogP contribution >= 0.6 is 0 Å². The van der Waals surface area contributed by atoms with Gasteiger partial charge in [0.1, 0.15) is 0 Å². The van der Waals surface area contributed by atoms with Crippen LogP contribution in [0.4, 0.5) is 0 Å². The number of rotatable bonds is 3. The van der Waals surface area contributed by atoms with Gasteiger partial charge in [0, 0.05) is 30.9 Å². The average Bonchev–Trinajstić information content (AvgIpc) is 2.47. The first-order valence-corrected chi connectivity index (χ1v) is 5.28. The van der Waals surface area contributed by atoms with Gasteiger partial charge in [-0.25, -0.2) is 0 Å². The van der Waals surface area contributed by atoms with Gasteiger partial charge in [-0.1, -0.05) is 11.6 Å². The zero-order chi connectivity index (χ0) is 11.5. The third-order valence-corrected chi connectivity index (χ3v) is 2.04. The number of aromatic nitrogens is 2. The van der Waals surface area contributed by atoms with Crippen LogP contribution in [0.15, 0.2) is 18.0 Å². The fraction of sp³-hybridized carbons (Fsp3) is 0.583. The Kier molecular flexibility index (Phi) is 3.69. The molecule has 0 atom stereocenters. The minimum atomic E-state index is 0.171. The van der Waals surface area contributed by atoms with E-state index in [1.165, 1.54) is 5.57 Å². The number of hydrogen-bond donors (Lipinski definition) is 1. The van der Waals surface area contributed by atoms with Crippen LogP contribution in [0.25, 0.3) is 6.08 Å². The third kappa shape index (κ3) is 4.79. The Morgan fingerprint density at radius 1 is 1.53 bits per heavy atom. The van der Waals surface area contributed by atoms with E-state index in [-0.39, 0.29) is 5.54 Å². The van der Waals surface area contributed by atoms with Crippen molar-refractivity contribution in [2.24, 2.45) is 7.05 Å². The van der Waals surface area contributed by atoms with Crippen molar-refractivity contribution in [3.63, 3.8) is 0 Å². The van der Waals surface area contributed by atoms with Crippen molar-refractivity contribution < 1.29 is 0 Å². The minimum Gasteiger partial charge on any atom is -0.308 e. The van der Waals surface area contributed by atoms with Gasteiger partial charge < -0.3 is 5.32 Å². The summed E-state index contributed by atoms with van der Waals surface area (Å²) in [6.07, 6.45) is 6.05. The third-order valence-electron chi connectivity index (χ3n) is 2.04. The lowest BCUT2D eigenvalue weighted by Crippen LogP contribution is -2.36. The van der Waals surface area contributed by atoms with Crippen molar-refractivity contribution >= 4 is 6.08 Å². The van der Waals surface area contributed by atoms with Crippen LogP contribution in [0.5, 0.6) is 0 Å². The molecule has 0 saturated heterocycles. The van der Waals surface area contributed by atoms with E-state index in [0.717, 1.165) is 12.1 Å². The Hall–Kier alpha value is -1.09. The van der Waals surface area contributed by atoms with Gasteiger partial charge in [0.05, 0.1) is 6.20 Å². The summed E-state index contributed by atoms with van der Waals surface area (Å²) in [5.74, 6) is 0. The SMILES string of the molecule is CC(=Cc1cnn(C)c1)CNC(C)(C)C. The second-order valence-corrected chi connectivity index (χ2v) is 5.04. The van der Waals surface area contributed by atoms with Gasteiger partial charge in [-0.3, -0.25) is 4.68 Å². The molecule has 3 nitrogen and oxygen atoms in total. The number of aryl methyl sites for hydroxylation is 1. The molecule has 0 aromatic carbocycles. The highest BCUT2D eigenvalue weighted by Crippen LogP contribution is 2.06. The van der Waals surface area contributed by atoms with Gasteiger partial charge in [0.25, 0.3) is 0 Å². The highest BCUT2D eigenvalue weighted by molar-refractivity contribution is 5.50. The van der Waals surface area contributed by atoms with E-state index in [1.807, 2.05) is 24.1 Å². The number of nitrogens with zero attached hydrogens (tertiary/aromatic N) is 2. The Labute approximate surface area is 92.2 Å². The molecule has 0 spiro atoms. The Morgan fingerprint density at radius 2 is 2.20 bits per heavy atom. The summed E-state index contributed by atoms with van der Waals surface area (Å²) < 4.78 is 1.82. The monoisotopic (exact) mass is 207 g/mol. The minimum absolute atomic E-state index is 0.171. The van der Waals surface area contributed by atoms with Crippen molar-refractivity contribution in [1.29, 1.82) is 0 Å². The van der Waals surface area contributed by atoms with Crippen molar-refractivity contribution in [2.75, 3.05) is 6.54 Å². The normalized spacial score (nSPS) is 13.3. The number of hydrogen-bond acceptors (Lipinski definition) is 2. The maximum absolute atomic E-state index is 4.13. The van der Waals surface area contributed by atoms with E-state index in [4.69, 9.17) is 0 Å². The van der Waals surface area contributed by atoms with Crippen LogP contribution in [-0.2, 0) is 7.05 Å². The molecule has 0 fully saturated rings. The van der Waals surface area contributed by atoms with Gasteiger partial charge >= 0.3 is 0 Å². The molecule has 1 heterocycles. The maximum atomic E-state index is 4.13. The summed E-state index contributed by atoms with van der Waals surface area (Å²) in [5.41, 5.74) is 2.65. The average molecular weight is 207 g/mol. The van der Waals surface area contributed by atoms with E-state index in [0.29, 0.717) is 0 Å². The molecule has 0 amide bonds. The molecule has 3 heteroatoms. The lowest BCUT2D eigenvalue weighted by Gasteiger charge is -2.20. The van der Waals surface area contributed by atoms with Gasteiger partial charge in [-0.2, -0.15) is 5.10 Å². The van der Waals surface area contributed by atoms with E-state index in [2.05, 4.69) is 44.2 Å². The molecule has 0 unspecified atom stereocenters. The first-order valence-electron chi connectivity index (χ1n) is 5.28. The molecule has 0 aliphatic rings. The van der Waals surface area contributed by atoms with Crippen molar-refractivity contribution in [1.82, 2.24) is 15.1 Å². The highest BCUT2D eigenvalue weighted by atomic mass is 15.2. The predicted molar refractivity (Wildman–Crippen MR) is 64.6 cm³/mol. The lowest BCUT2D eigenvalue weighted by atomic mass is 10.1. The van der Waals surface area contributed by atoms with Gasteiger partial charge in [0.2, 0.25) is 0 Å². The molecule has 84 valence electrons. The van der Waals surface area contributed by atoms with Crippen molar-refractivity contribution in [2.45, 2.75) is 33.2 Å². The van der Waals surface area contributed by atoms with E-state index in [1.54, 1.807) is 0 Å². The highest BCUT2D eigenvalue weighted by Gasteiger charge is 2.07. The molecule has 0 aliphatic carbocycles. The Bertz CT molecular complexity index is 342. The van der Waals surface area contributed by atoms with E-state index >= 15 is 0 Å². The van der Waals surface area contributed by atoms with E-state index in [9.17, 15) is 0 Å². The molecule has 1 aromatic heterocycles. The van der Waals surface area contributed by atoms with Crippen molar-refractivity contribution in [3.05, 3.63) is 23.5 Å². The quantitative estimate of drug-likeness (QED) is 0.823. The summed E-state index contributed by atoms with van der Waals surface area (Å²) in [6.45, 7) is 9.56. The fourth-order valence-corrected chi connectivity index (χ4v) is 1.25. The first kappa shape index (κ1) is 12.0. The van der Waals surface area contributed by atoms with Crippen LogP contribution in [-0.4, -0.2) is 21.9 Å². The van der Waals surface area contributed by atoms with Crippen molar-refractivity contribution in [3.8, 4) is 0 Å². The predicted octanol–water partition coefficient (Wildman–Crippen LogP) is 2.21. The lowest BCUT2D eigenvalue weighted by molar-refractivity contribution is 0.445. The fourth-order valence-electron chi connectivity index (χ4n) is 1.25. The molecule has 0 radical (unpaired) electrons. The van der Waals surface area contributed by atoms with Crippen LogP contribution < -0.4 is 5.32 Å². The summed E-state index contributed by atoms with van der Waals surface area (Å²) in [4.78, 5) is 0. The largest absolute Gasteiger partial charge is 0.308 e. The molecule has 15 heavy (non-hydrogen) atoms. The van der Waals surface area contributed by atoms with Gasteiger partial charge in [-0.05, 0) is 27.7 Å². The molecule has 0 saturated carbocycles. The summed E-state index contributed by atoms with van der Waals surface area (Å²) in [6, 6.07) is 0. The van der Waals surface area contributed by atoms with Crippen LogP contribution in [0.1, 0.15) is 33.3 Å². The van der Waals surface area contributed by atoms with Crippen LogP contribution in [0.3, 0.4) is 0 Å². The summed E-state index contributed by atoms with van der Waals surface area (Å²) >= 11 is 0. The molecule has 0 bridgehead atoms. The zero-order valence-corrected chi connectivity index (χ0v) is 10.3. The van der Waals surface area contributed by atoms with Gasteiger partial charge in [0.15, 0.2) is 0 Å². The molecular formula is C12H21N3. The Morgan fingerprint density at radius 3 is 2.67 bits per heavy atom. The molecule has 1 rings (SSSR count). The summed E-state index contributed by atoms with van der Waals surface area (Å²) in [7, 11) is 1.93. The Balaban J connectivity index is 2.53.